The first-order valence-electron chi connectivity index (χ1n) is 9.86. The smallest absolute Gasteiger partial charge is 0.233 e. The second kappa shape index (κ2) is 8.55. The maximum Gasteiger partial charge on any atom is 0.233 e. The number of phenolic OH excluding ortho intramolecular Hbond substituents is 1. The highest BCUT2D eigenvalue weighted by Crippen LogP contribution is 2.38. The molecule has 7 heteroatoms. The summed E-state index contributed by atoms with van der Waals surface area (Å²) in [4.78, 5) is 15.3. The van der Waals surface area contributed by atoms with E-state index in [1.165, 1.54) is 4.31 Å². The van der Waals surface area contributed by atoms with Crippen molar-refractivity contribution < 1.29 is 18.3 Å². The molecular formula is C22H28N2O4S. The zero-order valence-corrected chi connectivity index (χ0v) is 17.7. The number of nitrogens with zero attached hydrogens (tertiary/aromatic N) is 2. The number of likely N-dealkylation sites (N-methyl/N-ethyl adjacent to an activating group) is 1. The number of para-hydroxylation sites is 1. The molecule has 0 bridgehead atoms. The number of hydrogen-bond acceptors (Lipinski definition) is 4. The summed E-state index contributed by atoms with van der Waals surface area (Å²) < 4.78 is 26.1. The second-order valence-corrected chi connectivity index (χ2v) is 9.80. The first kappa shape index (κ1) is 21.3. The van der Waals surface area contributed by atoms with Crippen LogP contribution in [0.1, 0.15) is 30.9 Å². The lowest BCUT2D eigenvalue weighted by Crippen LogP contribution is -2.53. The number of aromatic hydroxyl groups is 1. The van der Waals surface area contributed by atoms with Gasteiger partial charge in [0.2, 0.25) is 15.9 Å². The summed E-state index contributed by atoms with van der Waals surface area (Å²) in [6, 6.07) is 16.6. The summed E-state index contributed by atoms with van der Waals surface area (Å²) in [5.41, 5.74) is 0.806. The topological polar surface area (TPSA) is 77.9 Å². The first-order chi connectivity index (χ1) is 13.8. The van der Waals surface area contributed by atoms with Crippen molar-refractivity contribution in [2.24, 2.45) is 0 Å². The Kier molecular flexibility index (Phi) is 6.29. The lowest BCUT2D eigenvalue weighted by Gasteiger charge is -2.42. The third-order valence-electron chi connectivity index (χ3n) is 5.82. The average Bonchev–Trinajstić information content (AvgIpc) is 2.75. The molecule has 1 heterocycles. The highest BCUT2D eigenvalue weighted by Gasteiger charge is 2.45. The van der Waals surface area contributed by atoms with Crippen LogP contribution in [0.2, 0.25) is 0 Å². The molecule has 0 spiro atoms. The van der Waals surface area contributed by atoms with E-state index < -0.39 is 15.4 Å². The predicted octanol–water partition coefficient (Wildman–Crippen LogP) is 2.73. The van der Waals surface area contributed by atoms with E-state index in [0.717, 1.165) is 5.56 Å². The molecule has 0 atom stereocenters. The van der Waals surface area contributed by atoms with Gasteiger partial charge in [0.1, 0.15) is 5.75 Å². The molecule has 0 saturated carbocycles. The van der Waals surface area contributed by atoms with Crippen LogP contribution in [-0.4, -0.2) is 54.5 Å². The first-order valence-corrected chi connectivity index (χ1v) is 11.5. The van der Waals surface area contributed by atoms with E-state index in [0.29, 0.717) is 31.5 Å². The average molecular weight is 417 g/mol. The number of sulfonamides is 1. The normalized spacial score (nSPS) is 17.0. The molecule has 2 aromatic rings. The van der Waals surface area contributed by atoms with E-state index >= 15 is 0 Å². The number of carbonyl (C=O) groups excluding carboxylic acids is 1. The van der Waals surface area contributed by atoms with Crippen LogP contribution in [0.25, 0.3) is 0 Å². The third kappa shape index (κ3) is 4.31. The molecule has 0 aromatic heterocycles. The fraction of sp³-hybridized carbons (Fsp3) is 0.409. The number of hydrogen-bond donors (Lipinski definition) is 1. The summed E-state index contributed by atoms with van der Waals surface area (Å²) in [5, 5.41) is 10.1. The minimum atomic E-state index is -3.28. The Balaban J connectivity index is 1.89. The van der Waals surface area contributed by atoms with Crippen molar-refractivity contribution in [1.29, 1.82) is 0 Å². The fourth-order valence-corrected chi connectivity index (χ4v) is 5.15. The maximum atomic E-state index is 13.6. The molecule has 3 rings (SSSR count). The van der Waals surface area contributed by atoms with E-state index in [4.69, 9.17) is 0 Å². The molecule has 1 fully saturated rings. The van der Waals surface area contributed by atoms with Gasteiger partial charge >= 0.3 is 0 Å². The van der Waals surface area contributed by atoms with Crippen LogP contribution in [-0.2, 0) is 26.8 Å². The van der Waals surface area contributed by atoms with Gasteiger partial charge < -0.3 is 10.0 Å². The monoisotopic (exact) mass is 416 g/mol. The van der Waals surface area contributed by atoms with Gasteiger partial charge in [0.15, 0.2) is 0 Å². The van der Waals surface area contributed by atoms with Crippen molar-refractivity contribution in [3.63, 3.8) is 0 Å². The SMILES string of the molecule is CCS(=O)(=O)N1CCC(C(=O)N(C)Cc2ccccc2O)(c2ccccc2)CC1. The molecule has 156 valence electrons. The maximum absolute atomic E-state index is 13.6. The quantitative estimate of drug-likeness (QED) is 0.785. The van der Waals surface area contributed by atoms with E-state index in [2.05, 4.69) is 0 Å². The summed E-state index contributed by atoms with van der Waals surface area (Å²) >= 11 is 0. The molecule has 1 aliphatic rings. The van der Waals surface area contributed by atoms with Crippen LogP contribution in [0.5, 0.6) is 5.75 Å². The lowest BCUT2D eigenvalue weighted by atomic mass is 9.72. The van der Waals surface area contributed by atoms with Gasteiger partial charge in [-0.1, -0.05) is 48.5 Å². The molecule has 1 N–H and O–H groups in total. The van der Waals surface area contributed by atoms with Crippen LogP contribution in [0.3, 0.4) is 0 Å². The van der Waals surface area contributed by atoms with Gasteiger partial charge in [-0.2, -0.15) is 0 Å². The Morgan fingerprint density at radius 1 is 1.07 bits per heavy atom. The molecular weight excluding hydrogens is 388 g/mol. The van der Waals surface area contributed by atoms with Gasteiger partial charge in [0.25, 0.3) is 0 Å². The zero-order chi connectivity index (χ0) is 21.1. The van der Waals surface area contributed by atoms with Gasteiger partial charge in [0.05, 0.1) is 11.2 Å². The van der Waals surface area contributed by atoms with Crippen molar-refractivity contribution in [1.82, 2.24) is 9.21 Å². The Morgan fingerprint density at radius 3 is 2.24 bits per heavy atom. The molecule has 0 aliphatic carbocycles. The van der Waals surface area contributed by atoms with Crippen molar-refractivity contribution >= 4 is 15.9 Å². The number of amides is 1. The molecule has 29 heavy (non-hydrogen) atoms. The number of rotatable bonds is 6. The second-order valence-electron chi connectivity index (χ2n) is 7.54. The minimum Gasteiger partial charge on any atom is -0.508 e. The van der Waals surface area contributed by atoms with E-state index in [1.54, 1.807) is 37.1 Å². The molecule has 2 aromatic carbocycles. The number of benzene rings is 2. The summed E-state index contributed by atoms with van der Waals surface area (Å²) in [6.45, 7) is 2.57. The van der Waals surface area contributed by atoms with E-state index in [1.807, 2.05) is 36.4 Å². The molecule has 0 radical (unpaired) electrons. The van der Waals surface area contributed by atoms with Crippen LogP contribution in [0.15, 0.2) is 54.6 Å². The summed E-state index contributed by atoms with van der Waals surface area (Å²) in [6.07, 6.45) is 0.861. The molecule has 1 aliphatic heterocycles. The van der Waals surface area contributed by atoms with Gasteiger partial charge in [-0.05, 0) is 31.4 Å². The third-order valence-corrected chi connectivity index (χ3v) is 7.70. The van der Waals surface area contributed by atoms with Crippen molar-refractivity contribution in [3.8, 4) is 5.75 Å². The highest BCUT2D eigenvalue weighted by atomic mass is 32.2. The van der Waals surface area contributed by atoms with Crippen LogP contribution >= 0.6 is 0 Å². The van der Waals surface area contributed by atoms with Crippen LogP contribution < -0.4 is 0 Å². The van der Waals surface area contributed by atoms with Crippen LogP contribution in [0, 0.1) is 0 Å². The molecule has 1 saturated heterocycles. The van der Waals surface area contributed by atoms with Crippen molar-refractivity contribution in [3.05, 3.63) is 65.7 Å². The van der Waals surface area contributed by atoms with E-state index in [9.17, 15) is 18.3 Å². The van der Waals surface area contributed by atoms with Gasteiger partial charge in [-0.15, -0.1) is 0 Å². The number of phenols is 1. The van der Waals surface area contributed by atoms with Crippen molar-refractivity contribution in [2.75, 3.05) is 25.9 Å². The standard InChI is InChI=1S/C22H28N2O4S/c1-3-29(27,28)24-15-13-22(14-16-24,19-10-5-4-6-11-19)21(26)23(2)17-18-9-7-8-12-20(18)25/h4-12,25H,3,13-17H2,1-2H3. The molecule has 6 nitrogen and oxygen atoms in total. The fourth-order valence-electron chi connectivity index (χ4n) is 4.05. The Labute approximate surface area is 172 Å². The van der Waals surface area contributed by atoms with Crippen molar-refractivity contribution in [2.45, 2.75) is 31.7 Å². The van der Waals surface area contributed by atoms with Gasteiger partial charge in [0, 0.05) is 32.2 Å². The largest absolute Gasteiger partial charge is 0.508 e. The summed E-state index contributed by atoms with van der Waals surface area (Å²) in [7, 11) is -1.55. The Morgan fingerprint density at radius 2 is 1.66 bits per heavy atom. The molecule has 1 amide bonds. The van der Waals surface area contributed by atoms with Gasteiger partial charge in [-0.25, -0.2) is 12.7 Å². The molecule has 0 unspecified atom stereocenters. The zero-order valence-electron chi connectivity index (χ0n) is 16.9. The minimum absolute atomic E-state index is 0.0551. The number of piperidine rings is 1. The lowest BCUT2D eigenvalue weighted by molar-refractivity contribution is -0.138. The van der Waals surface area contributed by atoms with Gasteiger partial charge in [-0.3, -0.25) is 4.79 Å². The van der Waals surface area contributed by atoms with E-state index in [-0.39, 0.29) is 24.0 Å². The number of carbonyl (C=O) groups is 1. The predicted molar refractivity (Wildman–Crippen MR) is 113 cm³/mol. The Bertz CT molecular complexity index is 952. The Hall–Kier alpha value is -2.38. The summed E-state index contributed by atoms with van der Waals surface area (Å²) in [5.74, 6) is 0.164. The highest BCUT2D eigenvalue weighted by molar-refractivity contribution is 7.89. The van der Waals surface area contributed by atoms with Crippen LogP contribution in [0.4, 0.5) is 0 Å².